The van der Waals surface area contributed by atoms with Crippen LogP contribution >= 0.6 is 0 Å². The molecule has 25 heavy (non-hydrogen) atoms. The summed E-state index contributed by atoms with van der Waals surface area (Å²) >= 11 is 0. The minimum atomic E-state index is -4.83. The Morgan fingerprint density at radius 1 is 1.24 bits per heavy atom. The Kier molecular flexibility index (Phi) is 4.73. The number of benzene rings is 1. The van der Waals surface area contributed by atoms with E-state index in [1.165, 1.54) is 6.92 Å². The number of hydrogen-bond donors (Lipinski definition) is 1. The number of nitriles is 1. The van der Waals surface area contributed by atoms with Gasteiger partial charge in [0.2, 0.25) is 5.82 Å². The van der Waals surface area contributed by atoms with Crippen LogP contribution in [-0.2, 0) is 16.9 Å². The summed E-state index contributed by atoms with van der Waals surface area (Å²) in [6.07, 6.45) is -4.83. The van der Waals surface area contributed by atoms with Crippen LogP contribution in [0.3, 0.4) is 0 Å². The largest absolute Gasteiger partial charge is 0.471 e. The van der Waals surface area contributed by atoms with Crippen molar-refractivity contribution in [3.8, 4) is 17.5 Å². The van der Waals surface area contributed by atoms with Crippen molar-refractivity contribution in [3.05, 3.63) is 35.7 Å². The molecule has 0 aliphatic carbocycles. The van der Waals surface area contributed by atoms with Gasteiger partial charge in [0.1, 0.15) is 6.04 Å². The van der Waals surface area contributed by atoms with Crippen LogP contribution in [-0.4, -0.2) is 22.1 Å². The normalized spacial score (nSPS) is 13.2. The van der Waals surface area contributed by atoms with Gasteiger partial charge in [-0.1, -0.05) is 29.4 Å². The highest BCUT2D eigenvalue weighted by atomic mass is 19.4. The van der Waals surface area contributed by atoms with Gasteiger partial charge >= 0.3 is 18.0 Å². The molecular weight excluding hydrogens is 351 g/mol. The van der Waals surface area contributed by atoms with E-state index in [1.54, 1.807) is 6.07 Å². The van der Waals surface area contributed by atoms with Crippen LogP contribution in [0.4, 0.5) is 22.0 Å². The Balaban J connectivity index is 2.23. The molecule has 1 aromatic heterocycles. The molecule has 0 saturated carbocycles. The Morgan fingerprint density at radius 3 is 2.32 bits per heavy atom. The van der Waals surface area contributed by atoms with Gasteiger partial charge in [-0.25, -0.2) is 0 Å². The molecule has 0 radical (unpaired) electrons. The van der Waals surface area contributed by atoms with Crippen LogP contribution < -0.4 is 5.32 Å². The summed E-state index contributed by atoms with van der Waals surface area (Å²) in [6, 6.07) is 4.20. The number of amides is 1. The number of nitrogens with zero attached hydrogens (tertiary/aromatic N) is 3. The number of alkyl halides is 5. The van der Waals surface area contributed by atoms with E-state index in [1.807, 2.05) is 5.32 Å². The Bertz CT molecular complexity index is 808. The fourth-order valence-corrected chi connectivity index (χ4v) is 1.74. The summed E-state index contributed by atoms with van der Waals surface area (Å²) in [4.78, 5) is 14.6. The molecule has 0 fully saturated rings. The first-order valence-corrected chi connectivity index (χ1v) is 6.66. The lowest BCUT2D eigenvalue weighted by molar-refractivity contribution is -0.159. The number of rotatable bonds is 4. The van der Waals surface area contributed by atoms with Crippen molar-refractivity contribution < 1.29 is 31.3 Å². The van der Waals surface area contributed by atoms with Crippen LogP contribution in [0.25, 0.3) is 11.4 Å². The molecule has 0 saturated heterocycles. The van der Waals surface area contributed by atoms with Gasteiger partial charge in [0.15, 0.2) is 0 Å². The first-order chi connectivity index (χ1) is 11.6. The highest BCUT2D eigenvalue weighted by molar-refractivity contribution is 5.85. The smallest absolute Gasteiger partial charge is 0.335 e. The minimum absolute atomic E-state index is 0.00963. The zero-order valence-electron chi connectivity index (χ0n) is 12.4. The minimum Gasteiger partial charge on any atom is -0.335 e. The van der Waals surface area contributed by atoms with Gasteiger partial charge in [-0.3, -0.25) is 4.79 Å². The second-order valence-electron chi connectivity index (χ2n) is 4.90. The van der Waals surface area contributed by atoms with Gasteiger partial charge in [0.05, 0.1) is 6.07 Å². The van der Waals surface area contributed by atoms with Gasteiger partial charge in [-0.15, -0.1) is 0 Å². The number of nitrogens with one attached hydrogen (secondary N) is 1. The van der Waals surface area contributed by atoms with Crippen LogP contribution in [0.5, 0.6) is 0 Å². The summed E-state index contributed by atoms with van der Waals surface area (Å²) in [5.41, 5.74) is -0.719. The molecule has 1 aromatic carbocycles. The number of carbonyl (C=O) groups excluding carboxylic acids is 1. The van der Waals surface area contributed by atoms with Crippen LogP contribution in [0.15, 0.2) is 28.8 Å². The lowest BCUT2D eigenvalue weighted by atomic mass is 10.0. The third-order valence-electron chi connectivity index (χ3n) is 3.00. The second-order valence-corrected chi connectivity index (χ2v) is 4.90. The summed E-state index contributed by atoms with van der Waals surface area (Å²) < 4.78 is 69.3. The topological polar surface area (TPSA) is 91.8 Å². The summed E-state index contributed by atoms with van der Waals surface area (Å²) in [5.74, 6) is -7.61. The molecule has 0 aliphatic rings. The van der Waals surface area contributed by atoms with Crippen molar-refractivity contribution in [3.63, 3.8) is 0 Å². The molecular formula is C14H9F5N4O2. The highest BCUT2D eigenvalue weighted by Crippen LogP contribution is 2.32. The molecule has 6 nitrogen and oxygen atoms in total. The summed E-state index contributed by atoms with van der Waals surface area (Å²) in [6.45, 7) is 1.23. The number of hydrogen-bond acceptors (Lipinski definition) is 5. The zero-order chi connectivity index (χ0) is 18.8. The maximum atomic E-state index is 14.0. The first kappa shape index (κ1) is 18.3. The van der Waals surface area contributed by atoms with Gasteiger partial charge in [0.25, 0.3) is 5.91 Å². The lowest BCUT2D eigenvalue weighted by Crippen LogP contribution is -2.42. The van der Waals surface area contributed by atoms with Gasteiger partial charge < -0.3 is 9.84 Å². The van der Waals surface area contributed by atoms with E-state index in [-0.39, 0.29) is 5.56 Å². The molecule has 132 valence electrons. The van der Waals surface area contributed by atoms with E-state index in [4.69, 9.17) is 5.26 Å². The van der Waals surface area contributed by atoms with Crippen molar-refractivity contribution in [2.75, 3.05) is 0 Å². The van der Waals surface area contributed by atoms with E-state index in [0.29, 0.717) is 0 Å². The molecule has 11 heteroatoms. The maximum absolute atomic E-state index is 14.0. The molecule has 1 atom stereocenters. The SMILES string of the molecule is CC(C#N)NC(=O)C(F)(F)c1ccc(-c2noc(C(F)(F)F)n2)cc1. The monoisotopic (exact) mass is 360 g/mol. The number of carbonyl (C=O) groups is 1. The van der Waals surface area contributed by atoms with Crippen LogP contribution in [0, 0.1) is 11.3 Å². The molecule has 1 heterocycles. The lowest BCUT2D eigenvalue weighted by Gasteiger charge is -2.17. The number of halogens is 5. The predicted molar refractivity (Wildman–Crippen MR) is 71.8 cm³/mol. The van der Waals surface area contributed by atoms with Crippen molar-refractivity contribution in [2.45, 2.75) is 25.1 Å². The van der Waals surface area contributed by atoms with E-state index >= 15 is 0 Å². The second kappa shape index (κ2) is 6.46. The van der Waals surface area contributed by atoms with E-state index in [0.717, 1.165) is 24.3 Å². The summed E-state index contributed by atoms with van der Waals surface area (Å²) in [7, 11) is 0. The standard InChI is InChI=1S/C14H9F5N4O2/c1-7(6-20)21-11(24)13(15,16)9-4-2-8(3-5-9)10-22-12(25-23-10)14(17,18)19/h2-5,7H,1H3,(H,21,24). The fraction of sp³-hybridized carbons (Fsp3) is 0.286. The molecule has 1 unspecified atom stereocenters. The Labute approximate surface area is 137 Å². The predicted octanol–water partition coefficient (Wildman–Crippen LogP) is 2.88. The molecule has 0 aliphatic heterocycles. The van der Waals surface area contributed by atoms with Crippen molar-refractivity contribution in [1.82, 2.24) is 15.5 Å². The Hall–Kier alpha value is -3.03. The van der Waals surface area contributed by atoms with Crippen molar-refractivity contribution in [1.29, 1.82) is 5.26 Å². The van der Waals surface area contributed by atoms with Gasteiger partial charge in [0, 0.05) is 11.1 Å². The van der Waals surface area contributed by atoms with Gasteiger partial charge in [-0.2, -0.15) is 32.2 Å². The highest BCUT2D eigenvalue weighted by Gasteiger charge is 2.41. The van der Waals surface area contributed by atoms with Crippen LogP contribution in [0.1, 0.15) is 18.4 Å². The third-order valence-corrected chi connectivity index (χ3v) is 3.00. The van der Waals surface area contributed by atoms with E-state index in [2.05, 4.69) is 14.7 Å². The van der Waals surface area contributed by atoms with Crippen molar-refractivity contribution in [2.24, 2.45) is 0 Å². The molecule has 1 N–H and O–H groups in total. The quantitative estimate of drug-likeness (QED) is 0.847. The first-order valence-electron chi connectivity index (χ1n) is 6.66. The molecule has 0 bridgehead atoms. The maximum Gasteiger partial charge on any atom is 0.471 e. The molecule has 2 rings (SSSR count). The van der Waals surface area contributed by atoms with E-state index in [9.17, 15) is 26.7 Å². The average molecular weight is 360 g/mol. The van der Waals surface area contributed by atoms with Crippen LogP contribution in [0.2, 0.25) is 0 Å². The van der Waals surface area contributed by atoms with Gasteiger partial charge in [-0.05, 0) is 6.92 Å². The number of aromatic nitrogens is 2. The molecule has 1 amide bonds. The summed E-state index contributed by atoms with van der Waals surface area (Å²) in [5, 5.41) is 13.5. The third kappa shape index (κ3) is 3.90. The molecule has 0 spiro atoms. The van der Waals surface area contributed by atoms with Crippen molar-refractivity contribution >= 4 is 5.91 Å². The zero-order valence-corrected chi connectivity index (χ0v) is 12.4. The van der Waals surface area contributed by atoms with E-state index < -0.39 is 41.3 Å². The Morgan fingerprint density at radius 2 is 1.84 bits per heavy atom. The average Bonchev–Trinajstić information content (AvgIpc) is 3.05. The fourth-order valence-electron chi connectivity index (χ4n) is 1.74. The molecule has 2 aromatic rings.